The fraction of sp³-hybridized carbons (Fsp3) is 0.500. The van der Waals surface area contributed by atoms with E-state index >= 15 is 0 Å². The topological polar surface area (TPSA) is 88.3 Å². The molecule has 0 aromatic carbocycles. The Morgan fingerprint density at radius 1 is 1.55 bits per heavy atom. The highest BCUT2D eigenvalue weighted by molar-refractivity contribution is 7.14. The van der Waals surface area contributed by atoms with E-state index in [1.54, 1.807) is 0 Å². The summed E-state index contributed by atoms with van der Waals surface area (Å²) in [6, 6.07) is -1.00. The minimum absolute atomic E-state index is 0.0124. The molecule has 20 heavy (non-hydrogen) atoms. The van der Waals surface area contributed by atoms with Crippen LogP contribution in [0.15, 0.2) is 5.38 Å². The number of primary amides is 1. The Bertz CT molecular complexity index is 503. The van der Waals surface area contributed by atoms with Crippen molar-refractivity contribution in [1.82, 2.24) is 9.88 Å². The summed E-state index contributed by atoms with van der Waals surface area (Å²) in [6.45, 7) is 0.135. The van der Waals surface area contributed by atoms with Crippen LogP contribution < -0.4 is 11.1 Å². The molecule has 0 aliphatic carbocycles. The number of alkyl halides is 3. The third kappa shape index (κ3) is 4.78. The van der Waals surface area contributed by atoms with E-state index < -0.39 is 30.6 Å². The third-order valence-corrected chi connectivity index (χ3v) is 3.21. The normalized spacial score (nSPS) is 13.3. The molecule has 1 rings (SSSR count). The number of carbonyl (C=O) groups is 2. The second kappa shape index (κ2) is 6.18. The summed E-state index contributed by atoms with van der Waals surface area (Å²) in [5, 5.41) is 3.79. The number of thiazole rings is 1. The number of halogens is 3. The largest absolute Gasteiger partial charge is 0.401 e. The van der Waals surface area contributed by atoms with E-state index in [1.165, 1.54) is 19.4 Å². The number of nitrogens with two attached hydrogens (primary N) is 1. The van der Waals surface area contributed by atoms with Crippen molar-refractivity contribution in [2.75, 3.05) is 18.9 Å². The molecular weight excluding hydrogens is 297 g/mol. The van der Waals surface area contributed by atoms with E-state index in [-0.39, 0.29) is 10.8 Å². The van der Waals surface area contributed by atoms with Crippen LogP contribution in [0.4, 0.5) is 18.3 Å². The fourth-order valence-corrected chi connectivity index (χ4v) is 1.98. The first-order chi connectivity index (χ1) is 9.10. The van der Waals surface area contributed by atoms with Gasteiger partial charge in [0.2, 0.25) is 5.91 Å². The number of aromatic nitrogens is 1. The molecule has 0 spiro atoms. The Labute approximate surface area is 116 Å². The van der Waals surface area contributed by atoms with Crippen molar-refractivity contribution in [1.29, 1.82) is 0 Å². The number of carbonyl (C=O) groups excluding carboxylic acids is 2. The zero-order valence-corrected chi connectivity index (χ0v) is 11.5. The maximum Gasteiger partial charge on any atom is 0.401 e. The highest BCUT2D eigenvalue weighted by atomic mass is 32.1. The lowest BCUT2D eigenvalue weighted by molar-refractivity contribution is -0.149. The van der Waals surface area contributed by atoms with Crippen molar-refractivity contribution in [3.05, 3.63) is 11.1 Å². The number of hydrogen-bond donors (Lipinski definition) is 2. The number of nitrogens with one attached hydrogen (secondary N) is 1. The van der Waals surface area contributed by atoms with E-state index in [0.29, 0.717) is 0 Å². The molecule has 0 aliphatic rings. The molecule has 1 aromatic heterocycles. The molecule has 1 aromatic rings. The second-order valence-electron chi connectivity index (χ2n) is 4.10. The molecule has 0 saturated heterocycles. The number of amides is 2. The van der Waals surface area contributed by atoms with Crippen molar-refractivity contribution >= 4 is 28.3 Å². The first kappa shape index (κ1) is 16.4. The van der Waals surface area contributed by atoms with Crippen LogP contribution in [0.1, 0.15) is 17.4 Å². The Morgan fingerprint density at radius 2 is 2.15 bits per heavy atom. The van der Waals surface area contributed by atoms with Crippen LogP contribution in [0.25, 0.3) is 0 Å². The zero-order chi connectivity index (χ0) is 15.5. The molecule has 0 unspecified atom stereocenters. The molecule has 0 aliphatic heterocycles. The van der Waals surface area contributed by atoms with Crippen molar-refractivity contribution < 1.29 is 22.8 Å². The van der Waals surface area contributed by atoms with Gasteiger partial charge in [0, 0.05) is 5.38 Å². The van der Waals surface area contributed by atoms with E-state index in [0.717, 1.165) is 16.2 Å². The Hall–Kier alpha value is -1.68. The lowest BCUT2D eigenvalue weighted by atomic mass is 10.3. The van der Waals surface area contributed by atoms with Crippen LogP contribution in [0, 0.1) is 0 Å². The standard InChI is InChI=1S/C10H13F3N4O2S/c1-5(17(2)4-10(11,12)13)8(19)16-9-15-6(3-20-9)7(14)18/h3,5H,4H2,1-2H3,(H2,14,18)(H,15,16,19)/t5-/m0/s1. The Morgan fingerprint density at radius 3 is 2.60 bits per heavy atom. The number of hydrogen-bond acceptors (Lipinski definition) is 5. The van der Waals surface area contributed by atoms with Gasteiger partial charge in [-0.25, -0.2) is 4.98 Å². The van der Waals surface area contributed by atoms with Gasteiger partial charge < -0.3 is 11.1 Å². The predicted octanol–water partition coefficient (Wildman–Crippen LogP) is 1.06. The molecule has 0 bridgehead atoms. The summed E-state index contributed by atoms with van der Waals surface area (Å²) in [6.07, 6.45) is -4.39. The average Bonchev–Trinajstić information content (AvgIpc) is 2.74. The fourth-order valence-electron chi connectivity index (χ4n) is 1.27. The molecule has 6 nitrogen and oxygen atoms in total. The maximum atomic E-state index is 12.2. The van der Waals surface area contributed by atoms with Crippen molar-refractivity contribution in [3.8, 4) is 0 Å². The molecule has 112 valence electrons. The van der Waals surface area contributed by atoms with Crippen LogP contribution in [0.2, 0.25) is 0 Å². The van der Waals surface area contributed by atoms with Gasteiger partial charge in [0.25, 0.3) is 5.91 Å². The number of rotatable bonds is 5. The molecule has 2 amide bonds. The lowest BCUT2D eigenvalue weighted by Gasteiger charge is -2.24. The Kier molecular flexibility index (Phi) is 5.06. The third-order valence-electron chi connectivity index (χ3n) is 2.46. The quantitative estimate of drug-likeness (QED) is 0.851. The molecule has 1 atom stereocenters. The molecule has 0 radical (unpaired) electrons. The van der Waals surface area contributed by atoms with Crippen LogP contribution in [0.5, 0.6) is 0 Å². The molecule has 10 heteroatoms. The van der Waals surface area contributed by atoms with Gasteiger partial charge in [0.1, 0.15) is 5.69 Å². The van der Waals surface area contributed by atoms with Crippen LogP contribution in [-0.4, -0.2) is 47.5 Å². The number of likely N-dealkylation sites (N-methyl/N-ethyl adjacent to an activating group) is 1. The van der Waals surface area contributed by atoms with Gasteiger partial charge in [-0.3, -0.25) is 14.5 Å². The smallest absolute Gasteiger partial charge is 0.364 e. The van der Waals surface area contributed by atoms with Gasteiger partial charge in [-0.05, 0) is 14.0 Å². The van der Waals surface area contributed by atoms with Crippen LogP contribution >= 0.6 is 11.3 Å². The van der Waals surface area contributed by atoms with Crippen molar-refractivity contribution in [2.24, 2.45) is 5.73 Å². The lowest BCUT2D eigenvalue weighted by Crippen LogP contribution is -2.44. The minimum atomic E-state index is -4.39. The maximum absolute atomic E-state index is 12.2. The van der Waals surface area contributed by atoms with Crippen LogP contribution in [-0.2, 0) is 4.79 Å². The minimum Gasteiger partial charge on any atom is -0.364 e. The molecule has 0 saturated carbocycles. The summed E-state index contributed by atoms with van der Waals surface area (Å²) in [5.41, 5.74) is 4.98. The number of nitrogens with zero attached hydrogens (tertiary/aromatic N) is 2. The summed E-state index contributed by atoms with van der Waals surface area (Å²) in [4.78, 5) is 27.2. The van der Waals surface area contributed by atoms with Crippen LogP contribution in [0.3, 0.4) is 0 Å². The molecule has 3 N–H and O–H groups in total. The van der Waals surface area contributed by atoms with Crippen molar-refractivity contribution in [3.63, 3.8) is 0 Å². The predicted molar refractivity (Wildman–Crippen MR) is 67.4 cm³/mol. The molecule has 0 fully saturated rings. The second-order valence-corrected chi connectivity index (χ2v) is 4.96. The van der Waals surface area contributed by atoms with Gasteiger partial charge in [-0.1, -0.05) is 0 Å². The summed E-state index contributed by atoms with van der Waals surface area (Å²) >= 11 is 0.964. The van der Waals surface area contributed by atoms with Gasteiger partial charge in [-0.15, -0.1) is 11.3 Å². The van der Waals surface area contributed by atoms with Gasteiger partial charge in [0.05, 0.1) is 12.6 Å². The highest BCUT2D eigenvalue weighted by Gasteiger charge is 2.32. The van der Waals surface area contributed by atoms with Crippen molar-refractivity contribution in [2.45, 2.75) is 19.1 Å². The van der Waals surface area contributed by atoms with E-state index in [9.17, 15) is 22.8 Å². The van der Waals surface area contributed by atoms with Gasteiger partial charge in [-0.2, -0.15) is 13.2 Å². The zero-order valence-electron chi connectivity index (χ0n) is 10.7. The van der Waals surface area contributed by atoms with E-state index in [4.69, 9.17) is 5.73 Å². The monoisotopic (exact) mass is 310 g/mol. The summed E-state index contributed by atoms with van der Waals surface area (Å²) in [7, 11) is 1.19. The van der Waals surface area contributed by atoms with Gasteiger partial charge >= 0.3 is 6.18 Å². The van der Waals surface area contributed by atoms with E-state index in [2.05, 4.69) is 10.3 Å². The molecule has 1 heterocycles. The summed E-state index contributed by atoms with van der Waals surface area (Å²) < 4.78 is 36.6. The first-order valence-electron chi connectivity index (χ1n) is 5.43. The first-order valence-corrected chi connectivity index (χ1v) is 6.31. The summed E-state index contributed by atoms with van der Waals surface area (Å²) in [5.74, 6) is -1.40. The highest BCUT2D eigenvalue weighted by Crippen LogP contribution is 2.18. The van der Waals surface area contributed by atoms with E-state index in [1.807, 2.05) is 0 Å². The number of anilines is 1. The van der Waals surface area contributed by atoms with Gasteiger partial charge in [0.15, 0.2) is 5.13 Å². The molecular formula is C10H13F3N4O2S. The Balaban J connectivity index is 2.63. The SMILES string of the molecule is C[C@@H](C(=O)Nc1nc(C(N)=O)cs1)N(C)CC(F)(F)F. The average molecular weight is 310 g/mol.